The van der Waals surface area contributed by atoms with Crippen LogP contribution in [0.3, 0.4) is 0 Å². The van der Waals surface area contributed by atoms with Gasteiger partial charge in [-0.05, 0) is 36.8 Å². The molecular weight excluding hydrogens is 442 g/mol. The van der Waals surface area contributed by atoms with Crippen LogP contribution in [0.2, 0.25) is 5.02 Å². The van der Waals surface area contributed by atoms with Crippen molar-refractivity contribution in [1.82, 2.24) is 14.5 Å². The second-order valence-electron chi connectivity index (χ2n) is 7.07. The first kappa shape index (κ1) is 22.8. The van der Waals surface area contributed by atoms with E-state index in [4.69, 9.17) is 11.6 Å². The van der Waals surface area contributed by atoms with Crippen LogP contribution in [-0.2, 0) is 26.2 Å². The minimum absolute atomic E-state index is 0.0676. The van der Waals surface area contributed by atoms with Crippen LogP contribution < -0.4 is 5.32 Å². The third-order valence-corrected chi connectivity index (χ3v) is 7.17. The maximum Gasteiger partial charge on any atom is 0.269 e. The van der Waals surface area contributed by atoms with Gasteiger partial charge in [-0.2, -0.15) is 0 Å². The lowest BCUT2D eigenvalue weighted by molar-refractivity contribution is -0.140. The van der Waals surface area contributed by atoms with Crippen LogP contribution in [0.25, 0.3) is 0 Å². The van der Waals surface area contributed by atoms with E-state index in [0.717, 1.165) is 0 Å². The molecule has 0 unspecified atom stereocenters. The Morgan fingerprint density at radius 3 is 2.52 bits per heavy atom. The number of hydrogen-bond acceptors (Lipinski definition) is 5. The molecule has 3 amide bonds. The second-order valence-corrected chi connectivity index (χ2v) is 9.34. The maximum atomic E-state index is 13.0. The molecule has 164 valence electrons. The van der Waals surface area contributed by atoms with Crippen LogP contribution in [0, 0.1) is 0 Å². The van der Waals surface area contributed by atoms with Gasteiger partial charge < -0.3 is 10.2 Å². The normalized spacial score (nSPS) is 15.3. The summed E-state index contributed by atoms with van der Waals surface area (Å²) in [4.78, 5) is 39.0. The lowest BCUT2D eigenvalue weighted by Crippen LogP contribution is -2.47. The molecule has 0 saturated heterocycles. The molecule has 1 N–H and O–H groups in total. The number of hydrogen-bond donors (Lipinski definition) is 1. The summed E-state index contributed by atoms with van der Waals surface area (Å²) in [5.41, 5.74) is 0.804. The zero-order valence-electron chi connectivity index (χ0n) is 17.0. The smallest absolute Gasteiger partial charge is 0.269 e. The number of benzene rings is 2. The van der Waals surface area contributed by atoms with E-state index >= 15 is 0 Å². The Morgan fingerprint density at radius 2 is 1.87 bits per heavy atom. The van der Waals surface area contributed by atoms with Gasteiger partial charge in [0.2, 0.25) is 11.8 Å². The number of carbonyl (C=O) groups excluding carboxylic acids is 3. The molecule has 1 aliphatic rings. The van der Waals surface area contributed by atoms with E-state index < -0.39 is 27.9 Å². The molecule has 0 saturated carbocycles. The fraction of sp³-hybridized carbons (Fsp3) is 0.286. The lowest BCUT2D eigenvalue weighted by atomic mass is 10.1. The monoisotopic (exact) mass is 463 g/mol. The molecule has 31 heavy (non-hydrogen) atoms. The van der Waals surface area contributed by atoms with Crippen LogP contribution in [0.1, 0.15) is 29.3 Å². The van der Waals surface area contributed by atoms with Crippen molar-refractivity contribution in [2.45, 2.75) is 30.8 Å². The van der Waals surface area contributed by atoms with Gasteiger partial charge >= 0.3 is 0 Å². The van der Waals surface area contributed by atoms with Crippen molar-refractivity contribution in [3.63, 3.8) is 0 Å². The van der Waals surface area contributed by atoms with Gasteiger partial charge in [0, 0.05) is 31.6 Å². The quantitative estimate of drug-likeness (QED) is 0.676. The van der Waals surface area contributed by atoms with Gasteiger partial charge in [0.1, 0.15) is 10.9 Å². The van der Waals surface area contributed by atoms with Gasteiger partial charge in [0.25, 0.3) is 15.9 Å². The average molecular weight is 464 g/mol. The summed E-state index contributed by atoms with van der Waals surface area (Å²) in [5, 5.41) is 3.00. The molecule has 0 aromatic heterocycles. The Labute approximate surface area is 185 Å². The number of amides is 3. The van der Waals surface area contributed by atoms with Crippen molar-refractivity contribution in [3.05, 3.63) is 64.7 Å². The highest BCUT2D eigenvalue weighted by Crippen LogP contribution is 2.30. The SMILES string of the molecule is CNC(=O)[C@H](C)N(Cc1cccc(Cl)c1)C(=O)CCN1C(=O)c2ccccc2S1(=O)=O. The van der Waals surface area contributed by atoms with Crippen molar-refractivity contribution >= 4 is 39.3 Å². The number of nitrogens with one attached hydrogen (secondary N) is 1. The van der Waals surface area contributed by atoms with E-state index in [1.807, 2.05) is 0 Å². The van der Waals surface area contributed by atoms with Crippen molar-refractivity contribution < 1.29 is 22.8 Å². The molecule has 2 aromatic carbocycles. The van der Waals surface area contributed by atoms with E-state index in [0.29, 0.717) is 14.9 Å². The highest BCUT2D eigenvalue weighted by molar-refractivity contribution is 7.90. The predicted molar refractivity (Wildman–Crippen MR) is 115 cm³/mol. The Morgan fingerprint density at radius 1 is 1.16 bits per heavy atom. The number of rotatable bonds is 7. The van der Waals surface area contributed by atoms with Gasteiger partial charge in [-0.3, -0.25) is 14.4 Å². The Bertz CT molecular complexity index is 1140. The molecule has 0 fully saturated rings. The van der Waals surface area contributed by atoms with Crippen LogP contribution in [0.15, 0.2) is 53.4 Å². The Kier molecular flexibility index (Phi) is 6.66. The summed E-state index contributed by atoms with van der Waals surface area (Å²) in [6.07, 6.45) is -0.263. The first-order valence-electron chi connectivity index (χ1n) is 9.58. The molecule has 1 aliphatic heterocycles. The summed E-state index contributed by atoms with van der Waals surface area (Å²) in [6, 6.07) is 12.0. The fourth-order valence-electron chi connectivity index (χ4n) is 3.42. The number of fused-ring (bicyclic) bond motifs is 1. The zero-order chi connectivity index (χ0) is 22.8. The molecule has 10 heteroatoms. The first-order chi connectivity index (χ1) is 14.7. The highest BCUT2D eigenvalue weighted by Gasteiger charge is 2.41. The molecule has 0 radical (unpaired) electrons. The fourth-order valence-corrected chi connectivity index (χ4v) is 5.20. The van der Waals surface area contributed by atoms with E-state index in [-0.39, 0.29) is 35.9 Å². The number of halogens is 1. The Balaban J connectivity index is 1.79. The molecular formula is C21H22ClN3O5S. The first-order valence-corrected chi connectivity index (χ1v) is 11.4. The van der Waals surface area contributed by atoms with Crippen molar-refractivity contribution in [1.29, 1.82) is 0 Å². The number of sulfonamides is 1. The number of nitrogens with zero attached hydrogens (tertiary/aromatic N) is 2. The van der Waals surface area contributed by atoms with Gasteiger partial charge in [-0.15, -0.1) is 0 Å². The van der Waals surface area contributed by atoms with Crippen molar-refractivity contribution in [2.24, 2.45) is 0 Å². The van der Waals surface area contributed by atoms with E-state index in [9.17, 15) is 22.8 Å². The van der Waals surface area contributed by atoms with Crippen LogP contribution in [0.4, 0.5) is 0 Å². The van der Waals surface area contributed by atoms with Crippen LogP contribution in [0.5, 0.6) is 0 Å². The third-order valence-electron chi connectivity index (χ3n) is 5.10. The lowest BCUT2D eigenvalue weighted by Gasteiger charge is -2.29. The summed E-state index contributed by atoms with van der Waals surface area (Å²) in [7, 11) is -2.54. The zero-order valence-corrected chi connectivity index (χ0v) is 18.6. The van der Waals surface area contributed by atoms with Gasteiger partial charge in [-0.25, -0.2) is 12.7 Å². The van der Waals surface area contributed by atoms with E-state index in [1.165, 1.54) is 30.1 Å². The van der Waals surface area contributed by atoms with E-state index in [2.05, 4.69) is 5.32 Å². The molecule has 0 bridgehead atoms. The maximum absolute atomic E-state index is 13.0. The molecule has 0 aliphatic carbocycles. The summed E-state index contributed by atoms with van der Waals surface area (Å²) in [5.74, 6) is -1.49. The molecule has 2 aromatic rings. The summed E-state index contributed by atoms with van der Waals surface area (Å²) >= 11 is 6.02. The topological polar surface area (TPSA) is 104 Å². The molecule has 3 rings (SSSR count). The summed E-state index contributed by atoms with van der Waals surface area (Å²) < 4.78 is 26.1. The van der Waals surface area contributed by atoms with Crippen molar-refractivity contribution in [3.8, 4) is 0 Å². The third kappa shape index (κ3) is 4.57. The largest absolute Gasteiger partial charge is 0.357 e. The minimum atomic E-state index is -4.01. The van der Waals surface area contributed by atoms with Crippen LogP contribution >= 0.6 is 11.6 Å². The highest BCUT2D eigenvalue weighted by atomic mass is 35.5. The molecule has 8 nitrogen and oxygen atoms in total. The van der Waals surface area contributed by atoms with Gasteiger partial charge in [0.15, 0.2) is 0 Å². The van der Waals surface area contributed by atoms with E-state index in [1.54, 1.807) is 37.3 Å². The van der Waals surface area contributed by atoms with Crippen LogP contribution in [-0.4, -0.2) is 55.0 Å². The molecule has 1 heterocycles. The number of carbonyl (C=O) groups is 3. The Hall–Kier alpha value is -2.91. The standard InChI is InChI=1S/C21H22ClN3O5S/c1-14(20(27)23-2)24(13-15-6-5-7-16(22)12-15)19(26)10-11-25-21(28)17-8-3-4-9-18(17)31(25,29)30/h3-9,12,14H,10-11,13H2,1-2H3,(H,23,27)/t14-/m0/s1. The van der Waals surface area contributed by atoms with Gasteiger partial charge in [0.05, 0.1) is 5.56 Å². The minimum Gasteiger partial charge on any atom is -0.357 e. The predicted octanol–water partition coefficient (Wildman–Crippen LogP) is 2.04. The molecule has 1 atom stereocenters. The van der Waals surface area contributed by atoms with Crippen molar-refractivity contribution in [2.75, 3.05) is 13.6 Å². The summed E-state index contributed by atoms with van der Waals surface area (Å²) in [6.45, 7) is 1.37. The second kappa shape index (κ2) is 9.07. The van der Waals surface area contributed by atoms with Gasteiger partial charge in [-0.1, -0.05) is 35.9 Å². The number of likely N-dealkylation sites (N-methyl/N-ethyl adjacent to an activating group) is 1. The molecule has 0 spiro atoms. The average Bonchev–Trinajstić information content (AvgIpc) is 2.95.